The number of carbonyl (C=O) groups is 2. The van der Waals surface area contributed by atoms with Gasteiger partial charge in [0.1, 0.15) is 0 Å². The summed E-state index contributed by atoms with van der Waals surface area (Å²) < 4.78 is 0. The number of likely N-dealkylation sites (N-methyl/N-ethyl adjacent to an activating group) is 1. The van der Waals surface area contributed by atoms with Crippen molar-refractivity contribution in [3.8, 4) is 0 Å². The minimum atomic E-state index is -0.200. The van der Waals surface area contributed by atoms with Gasteiger partial charge in [0.05, 0.1) is 17.8 Å². The Labute approximate surface area is 119 Å². The first-order valence-corrected chi connectivity index (χ1v) is 7.01. The number of carbonyl (C=O) groups excluding carboxylic acids is 2. The van der Waals surface area contributed by atoms with E-state index in [2.05, 4.69) is 10.6 Å². The molecule has 0 aromatic heterocycles. The van der Waals surface area contributed by atoms with Crippen molar-refractivity contribution in [2.45, 2.75) is 19.8 Å². The minimum absolute atomic E-state index is 0.0346. The fourth-order valence-corrected chi connectivity index (χ4v) is 2.26. The van der Waals surface area contributed by atoms with Gasteiger partial charge in [-0.05, 0) is 31.4 Å². The average molecular weight is 275 g/mol. The summed E-state index contributed by atoms with van der Waals surface area (Å²) >= 11 is 0. The summed E-state index contributed by atoms with van der Waals surface area (Å²) in [6.45, 7) is 3.45. The lowest BCUT2D eigenvalue weighted by Crippen LogP contribution is -2.38. The van der Waals surface area contributed by atoms with Crippen LogP contribution in [0.3, 0.4) is 0 Å². The van der Waals surface area contributed by atoms with E-state index in [9.17, 15) is 9.59 Å². The summed E-state index contributed by atoms with van der Waals surface area (Å²) in [5, 5.41) is 5.97. The first-order valence-electron chi connectivity index (χ1n) is 7.01. The highest BCUT2D eigenvalue weighted by Gasteiger charge is 2.18. The largest absolute Gasteiger partial charge is 0.384 e. The van der Waals surface area contributed by atoms with Gasteiger partial charge in [0, 0.05) is 20.1 Å². The van der Waals surface area contributed by atoms with E-state index in [4.69, 9.17) is 0 Å². The second-order valence-electron chi connectivity index (χ2n) is 4.96. The summed E-state index contributed by atoms with van der Waals surface area (Å²) in [4.78, 5) is 25.5. The minimum Gasteiger partial charge on any atom is -0.384 e. The molecule has 2 N–H and O–H groups in total. The molecule has 0 radical (unpaired) electrons. The number of hydrogen-bond acceptors (Lipinski definition) is 3. The number of hydrogen-bond donors (Lipinski definition) is 2. The van der Waals surface area contributed by atoms with Crippen molar-refractivity contribution >= 4 is 17.5 Å². The second kappa shape index (κ2) is 6.41. The van der Waals surface area contributed by atoms with E-state index in [1.165, 1.54) is 5.56 Å². The van der Waals surface area contributed by atoms with Crippen molar-refractivity contribution in [3.05, 3.63) is 29.3 Å². The van der Waals surface area contributed by atoms with Gasteiger partial charge in [-0.15, -0.1) is 0 Å². The molecule has 0 aliphatic carbocycles. The Hall–Kier alpha value is -2.04. The zero-order chi connectivity index (χ0) is 14.5. The molecule has 108 valence electrons. The molecule has 1 aromatic carbocycles. The Morgan fingerprint density at radius 2 is 2.20 bits per heavy atom. The highest BCUT2D eigenvalue weighted by atomic mass is 16.2. The molecule has 1 aromatic rings. The number of nitrogens with zero attached hydrogens (tertiary/aromatic N) is 1. The van der Waals surface area contributed by atoms with Gasteiger partial charge < -0.3 is 15.5 Å². The Bertz CT molecular complexity index is 514. The van der Waals surface area contributed by atoms with Gasteiger partial charge in [-0.2, -0.15) is 0 Å². The van der Waals surface area contributed by atoms with Crippen LogP contribution in [0.25, 0.3) is 0 Å². The van der Waals surface area contributed by atoms with Crippen LogP contribution in [-0.2, 0) is 11.2 Å². The van der Waals surface area contributed by atoms with Gasteiger partial charge in [-0.1, -0.05) is 12.1 Å². The van der Waals surface area contributed by atoms with Crippen molar-refractivity contribution in [1.29, 1.82) is 0 Å². The lowest BCUT2D eigenvalue weighted by molar-refractivity contribution is -0.128. The number of aryl methyl sites for hydroxylation is 1. The molecule has 1 heterocycles. The number of benzene rings is 1. The van der Waals surface area contributed by atoms with Crippen molar-refractivity contribution in [1.82, 2.24) is 10.2 Å². The number of nitrogens with one attached hydrogen (secondary N) is 2. The van der Waals surface area contributed by atoms with Gasteiger partial charge in [0.15, 0.2) is 0 Å². The van der Waals surface area contributed by atoms with Gasteiger partial charge in [0.2, 0.25) is 5.91 Å². The molecule has 0 bridgehead atoms. The first kappa shape index (κ1) is 14.4. The van der Waals surface area contributed by atoms with Crippen LogP contribution in [0.4, 0.5) is 5.69 Å². The van der Waals surface area contributed by atoms with Gasteiger partial charge in [-0.3, -0.25) is 9.59 Å². The molecule has 0 spiro atoms. The second-order valence-corrected chi connectivity index (χ2v) is 4.96. The number of fused-ring (bicyclic) bond motifs is 1. The molecule has 1 aliphatic rings. The molecular weight excluding hydrogens is 254 g/mol. The molecule has 0 fully saturated rings. The van der Waals surface area contributed by atoms with Crippen LogP contribution in [0.15, 0.2) is 18.2 Å². The summed E-state index contributed by atoms with van der Waals surface area (Å²) in [6.07, 6.45) is 2.07. The Kier molecular flexibility index (Phi) is 4.61. The monoisotopic (exact) mass is 275 g/mol. The molecule has 0 saturated carbocycles. The summed E-state index contributed by atoms with van der Waals surface area (Å²) in [7, 11) is 1.72. The van der Waals surface area contributed by atoms with Crippen molar-refractivity contribution in [3.63, 3.8) is 0 Å². The Morgan fingerprint density at radius 1 is 1.40 bits per heavy atom. The number of anilines is 1. The van der Waals surface area contributed by atoms with Crippen LogP contribution < -0.4 is 10.6 Å². The van der Waals surface area contributed by atoms with Gasteiger partial charge in [0.25, 0.3) is 5.91 Å². The first-order chi connectivity index (χ1) is 9.63. The highest BCUT2D eigenvalue weighted by Crippen LogP contribution is 2.25. The molecular formula is C15H21N3O2. The SMILES string of the molecule is CCN(C)C(=O)CNC(=O)c1cccc2c1NCCC2. The summed E-state index contributed by atoms with van der Waals surface area (Å²) in [6, 6.07) is 5.72. The molecule has 0 unspecified atom stereocenters. The molecule has 1 aliphatic heterocycles. The molecule has 20 heavy (non-hydrogen) atoms. The van der Waals surface area contributed by atoms with Crippen LogP contribution in [0, 0.1) is 0 Å². The van der Waals surface area contributed by atoms with E-state index in [1.807, 2.05) is 19.1 Å². The maximum absolute atomic E-state index is 12.2. The predicted molar refractivity (Wildman–Crippen MR) is 78.9 cm³/mol. The maximum Gasteiger partial charge on any atom is 0.253 e. The average Bonchev–Trinajstić information content (AvgIpc) is 2.50. The van der Waals surface area contributed by atoms with Gasteiger partial charge in [-0.25, -0.2) is 0 Å². The Balaban J connectivity index is 2.05. The van der Waals surface area contributed by atoms with E-state index < -0.39 is 0 Å². The predicted octanol–water partition coefficient (Wildman–Crippen LogP) is 1.25. The van der Waals surface area contributed by atoms with Crippen LogP contribution in [0.5, 0.6) is 0 Å². The molecule has 2 rings (SSSR count). The topological polar surface area (TPSA) is 61.4 Å². The summed E-state index contributed by atoms with van der Waals surface area (Å²) in [5.41, 5.74) is 2.70. The third-order valence-electron chi connectivity index (χ3n) is 3.62. The fourth-order valence-electron chi connectivity index (χ4n) is 2.26. The van der Waals surface area contributed by atoms with Crippen molar-refractivity contribution < 1.29 is 9.59 Å². The Morgan fingerprint density at radius 3 is 2.95 bits per heavy atom. The number of amides is 2. The van der Waals surface area contributed by atoms with Crippen LogP contribution in [0.1, 0.15) is 29.3 Å². The van der Waals surface area contributed by atoms with E-state index >= 15 is 0 Å². The lowest BCUT2D eigenvalue weighted by Gasteiger charge is -2.21. The van der Waals surface area contributed by atoms with E-state index in [1.54, 1.807) is 18.0 Å². The van der Waals surface area contributed by atoms with E-state index in [-0.39, 0.29) is 18.4 Å². The fraction of sp³-hybridized carbons (Fsp3) is 0.467. The third-order valence-corrected chi connectivity index (χ3v) is 3.62. The quantitative estimate of drug-likeness (QED) is 0.869. The third kappa shape index (κ3) is 3.10. The summed E-state index contributed by atoms with van der Waals surface area (Å²) in [5.74, 6) is -0.285. The van der Waals surface area contributed by atoms with Crippen molar-refractivity contribution in [2.24, 2.45) is 0 Å². The number of para-hydroxylation sites is 1. The smallest absolute Gasteiger partial charge is 0.253 e. The molecule has 0 saturated heterocycles. The van der Waals surface area contributed by atoms with Crippen LogP contribution in [-0.4, -0.2) is 43.4 Å². The van der Waals surface area contributed by atoms with Gasteiger partial charge >= 0.3 is 0 Å². The van der Waals surface area contributed by atoms with Crippen LogP contribution >= 0.6 is 0 Å². The molecule has 5 heteroatoms. The number of rotatable bonds is 4. The maximum atomic E-state index is 12.2. The van der Waals surface area contributed by atoms with E-state index in [0.29, 0.717) is 12.1 Å². The standard InChI is InChI=1S/C15H21N3O2/c1-3-18(2)13(19)10-17-15(20)12-8-4-6-11-7-5-9-16-14(11)12/h4,6,8,16H,3,5,7,9-10H2,1-2H3,(H,17,20). The molecule has 2 amide bonds. The zero-order valence-electron chi connectivity index (χ0n) is 12.0. The normalized spacial score (nSPS) is 13.1. The van der Waals surface area contributed by atoms with Crippen molar-refractivity contribution in [2.75, 3.05) is 32.0 Å². The zero-order valence-corrected chi connectivity index (χ0v) is 12.0. The lowest BCUT2D eigenvalue weighted by atomic mass is 9.99. The van der Waals surface area contributed by atoms with Crippen LogP contribution in [0.2, 0.25) is 0 Å². The highest BCUT2D eigenvalue weighted by molar-refractivity contribution is 6.01. The molecule has 5 nitrogen and oxygen atoms in total. The van der Waals surface area contributed by atoms with E-state index in [0.717, 1.165) is 25.1 Å². The molecule has 0 atom stereocenters.